The predicted octanol–water partition coefficient (Wildman–Crippen LogP) is 21.3. The maximum Gasteiger partial charge on any atom is 0.306 e. The summed E-state index contributed by atoms with van der Waals surface area (Å²) in [7, 11) is 0. The van der Waals surface area contributed by atoms with Crippen LogP contribution in [0.15, 0.2) is 72.9 Å². The van der Waals surface area contributed by atoms with Crippen LogP contribution in [0.4, 0.5) is 0 Å². The smallest absolute Gasteiger partial charge is 0.306 e. The van der Waals surface area contributed by atoms with Crippen LogP contribution in [0.5, 0.6) is 0 Å². The molecule has 0 aliphatic heterocycles. The number of carbonyl (C=O) groups excluding carboxylic acids is 3. The van der Waals surface area contributed by atoms with Crippen LogP contribution in [0.2, 0.25) is 0 Å². The molecule has 6 heteroatoms. The summed E-state index contributed by atoms with van der Waals surface area (Å²) in [6.45, 7) is 6.53. The van der Waals surface area contributed by atoms with Gasteiger partial charge in [0, 0.05) is 19.3 Å². The zero-order chi connectivity index (χ0) is 52.9. The highest BCUT2D eigenvalue weighted by Gasteiger charge is 2.19. The lowest BCUT2D eigenvalue weighted by Crippen LogP contribution is -2.30. The molecule has 0 N–H and O–H groups in total. The third-order valence-corrected chi connectivity index (χ3v) is 13.6. The summed E-state index contributed by atoms with van der Waals surface area (Å²) in [6.07, 6.45) is 79.3. The van der Waals surface area contributed by atoms with E-state index in [0.29, 0.717) is 19.3 Å². The van der Waals surface area contributed by atoms with Crippen LogP contribution in [0.1, 0.15) is 316 Å². The molecule has 0 bridgehead atoms. The molecule has 0 saturated carbocycles. The lowest BCUT2D eigenvalue weighted by atomic mass is 10.0. The highest BCUT2D eigenvalue weighted by Crippen LogP contribution is 2.16. The Morgan fingerprint density at radius 2 is 0.534 bits per heavy atom. The zero-order valence-corrected chi connectivity index (χ0v) is 48.4. The summed E-state index contributed by atoms with van der Waals surface area (Å²) in [5.74, 6) is -0.897. The Balaban J connectivity index is 4.11. The van der Waals surface area contributed by atoms with E-state index in [1.54, 1.807) is 0 Å². The number of ether oxygens (including phenoxy) is 3. The fourth-order valence-electron chi connectivity index (χ4n) is 8.88. The van der Waals surface area contributed by atoms with Crippen molar-refractivity contribution < 1.29 is 28.6 Å². The minimum Gasteiger partial charge on any atom is -0.462 e. The largest absolute Gasteiger partial charge is 0.462 e. The van der Waals surface area contributed by atoms with Gasteiger partial charge in [0.25, 0.3) is 0 Å². The number of hydrogen-bond donors (Lipinski definition) is 0. The molecule has 0 radical (unpaired) electrons. The third-order valence-electron chi connectivity index (χ3n) is 13.6. The summed E-state index contributed by atoms with van der Waals surface area (Å²) < 4.78 is 16.8. The average Bonchev–Trinajstić information content (AvgIpc) is 3.39. The SMILES string of the molecule is CCC/C=C\C/C=C\CCCCCCCC(=O)OC(COC(=O)CCCCCCC/C=C\CCCC)COC(=O)CCCCCCCCCCCCCCCCCC/C=C\C/C=C\C/C=C\CCCCCCC. The topological polar surface area (TPSA) is 78.9 Å². The van der Waals surface area contributed by atoms with Crippen LogP contribution in [-0.4, -0.2) is 37.2 Å². The van der Waals surface area contributed by atoms with Gasteiger partial charge >= 0.3 is 17.9 Å². The molecule has 422 valence electrons. The first-order chi connectivity index (χ1) is 36.0. The monoisotopic (exact) mass is 1020 g/mol. The van der Waals surface area contributed by atoms with E-state index in [9.17, 15) is 14.4 Å². The van der Waals surface area contributed by atoms with Gasteiger partial charge < -0.3 is 14.2 Å². The molecule has 0 fully saturated rings. The summed E-state index contributed by atoms with van der Waals surface area (Å²) >= 11 is 0. The molecule has 0 spiro atoms. The van der Waals surface area contributed by atoms with E-state index in [-0.39, 0.29) is 31.1 Å². The molecule has 0 rings (SSSR count). The van der Waals surface area contributed by atoms with Crippen LogP contribution in [0.25, 0.3) is 0 Å². The highest BCUT2D eigenvalue weighted by atomic mass is 16.6. The molecule has 0 aromatic heterocycles. The van der Waals surface area contributed by atoms with Gasteiger partial charge in [-0.1, -0.05) is 267 Å². The quantitative estimate of drug-likeness (QED) is 0.0261. The molecule has 0 aliphatic rings. The van der Waals surface area contributed by atoms with Crippen molar-refractivity contribution in [1.29, 1.82) is 0 Å². The Kier molecular flexibility index (Phi) is 58.7. The van der Waals surface area contributed by atoms with Crippen LogP contribution in [-0.2, 0) is 28.6 Å². The highest BCUT2D eigenvalue weighted by molar-refractivity contribution is 5.71. The minimum atomic E-state index is -0.784. The molecule has 0 aliphatic carbocycles. The molecule has 1 unspecified atom stereocenters. The van der Waals surface area contributed by atoms with E-state index in [0.717, 1.165) is 109 Å². The van der Waals surface area contributed by atoms with E-state index in [4.69, 9.17) is 14.2 Å². The summed E-state index contributed by atoms with van der Waals surface area (Å²) in [6, 6.07) is 0. The second-order valence-electron chi connectivity index (χ2n) is 21.0. The van der Waals surface area contributed by atoms with Crippen molar-refractivity contribution in [3.63, 3.8) is 0 Å². The summed E-state index contributed by atoms with van der Waals surface area (Å²) in [4.78, 5) is 38.1. The Bertz CT molecular complexity index is 1360. The van der Waals surface area contributed by atoms with Gasteiger partial charge in [-0.05, 0) is 103 Å². The normalized spacial score (nSPS) is 12.5. The van der Waals surface area contributed by atoms with Crippen LogP contribution in [0.3, 0.4) is 0 Å². The average molecular weight is 1020 g/mol. The van der Waals surface area contributed by atoms with Crippen molar-refractivity contribution in [3.05, 3.63) is 72.9 Å². The maximum absolute atomic E-state index is 12.8. The first-order valence-corrected chi connectivity index (χ1v) is 31.4. The van der Waals surface area contributed by atoms with E-state index in [1.165, 1.54) is 167 Å². The van der Waals surface area contributed by atoms with Gasteiger partial charge in [0.15, 0.2) is 6.10 Å². The fraction of sp³-hybridized carbons (Fsp3) is 0.776. The Hall–Kier alpha value is -3.15. The Morgan fingerprint density at radius 1 is 0.274 bits per heavy atom. The Morgan fingerprint density at radius 3 is 0.877 bits per heavy atom. The molecule has 0 aromatic carbocycles. The molecular weight excluding hydrogens is 901 g/mol. The van der Waals surface area contributed by atoms with Crippen molar-refractivity contribution in [2.45, 2.75) is 322 Å². The molecule has 73 heavy (non-hydrogen) atoms. The molecule has 6 nitrogen and oxygen atoms in total. The van der Waals surface area contributed by atoms with Gasteiger partial charge in [0.1, 0.15) is 13.2 Å². The van der Waals surface area contributed by atoms with Gasteiger partial charge in [-0.3, -0.25) is 14.4 Å². The van der Waals surface area contributed by atoms with Gasteiger partial charge in [-0.2, -0.15) is 0 Å². The van der Waals surface area contributed by atoms with E-state index < -0.39 is 6.10 Å². The van der Waals surface area contributed by atoms with Crippen molar-refractivity contribution >= 4 is 17.9 Å². The summed E-state index contributed by atoms with van der Waals surface area (Å²) in [5, 5.41) is 0. The van der Waals surface area contributed by atoms with Gasteiger partial charge in [-0.25, -0.2) is 0 Å². The van der Waals surface area contributed by atoms with E-state index in [2.05, 4.69) is 93.7 Å². The lowest BCUT2D eigenvalue weighted by molar-refractivity contribution is -0.167. The van der Waals surface area contributed by atoms with Crippen LogP contribution in [0, 0.1) is 0 Å². The van der Waals surface area contributed by atoms with Crippen molar-refractivity contribution in [2.75, 3.05) is 13.2 Å². The molecule has 0 amide bonds. The first-order valence-electron chi connectivity index (χ1n) is 31.4. The molecule has 1 atom stereocenters. The lowest BCUT2D eigenvalue weighted by Gasteiger charge is -2.18. The van der Waals surface area contributed by atoms with Gasteiger partial charge in [0.05, 0.1) is 0 Å². The predicted molar refractivity (Wildman–Crippen MR) is 316 cm³/mol. The number of carbonyl (C=O) groups is 3. The van der Waals surface area contributed by atoms with E-state index in [1.807, 2.05) is 0 Å². The Labute approximate surface area is 453 Å². The van der Waals surface area contributed by atoms with Crippen molar-refractivity contribution in [3.8, 4) is 0 Å². The molecule has 0 aromatic rings. The molecular formula is C67H118O6. The van der Waals surface area contributed by atoms with Gasteiger partial charge in [-0.15, -0.1) is 0 Å². The minimum absolute atomic E-state index is 0.0819. The van der Waals surface area contributed by atoms with E-state index >= 15 is 0 Å². The number of esters is 3. The number of rotatable bonds is 57. The van der Waals surface area contributed by atoms with Gasteiger partial charge in [0.2, 0.25) is 0 Å². The number of unbranched alkanes of at least 4 members (excludes halogenated alkanes) is 34. The second-order valence-corrected chi connectivity index (χ2v) is 21.0. The van der Waals surface area contributed by atoms with Crippen LogP contribution >= 0.6 is 0 Å². The summed E-state index contributed by atoms with van der Waals surface area (Å²) in [5.41, 5.74) is 0. The molecule has 0 heterocycles. The van der Waals surface area contributed by atoms with Crippen molar-refractivity contribution in [1.82, 2.24) is 0 Å². The fourth-order valence-corrected chi connectivity index (χ4v) is 8.88. The number of allylic oxidation sites excluding steroid dienone is 12. The standard InChI is InChI=1S/C67H118O6/c1-4-7-10-13-16-19-22-24-25-26-27-28-29-30-31-32-33-34-35-36-37-38-39-40-41-43-45-48-51-54-57-60-66(69)72-63-64(62-71-65(68)59-56-53-50-47-44-21-18-15-12-9-6-3)73-67(70)61-58-55-52-49-46-42-23-20-17-14-11-8-5-2/h11,14-15,18,20,22-24,26-27,29-30,64H,4-10,12-13,16-17,19,21,25,28,31-63H2,1-3H3/b14-11-,18-15-,23-20-,24-22-,27-26-,30-29-. The zero-order valence-electron chi connectivity index (χ0n) is 48.4. The number of hydrogen-bond acceptors (Lipinski definition) is 6. The second kappa shape index (κ2) is 61.4. The molecule has 0 saturated heterocycles. The van der Waals surface area contributed by atoms with Crippen LogP contribution < -0.4 is 0 Å². The third kappa shape index (κ3) is 59.6. The first kappa shape index (κ1) is 69.8. The maximum atomic E-state index is 12.8. The van der Waals surface area contributed by atoms with Crippen molar-refractivity contribution in [2.24, 2.45) is 0 Å².